The van der Waals surface area contributed by atoms with Crippen molar-refractivity contribution >= 4 is 5.97 Å². The molecule has 0 amide bonds. The van der Waals surface area contributed by atoms with Gasteiger partial charge in [0.2, 0.25) is 0 Å². The molecule has 0 aliphatic carbocycles. The van der Waals surface area contributed by atoms with Crippen LogP contribution in [0.3, 0.4) is 0 Å². The third-order valence-electron chi connectivity index (χ3n) is 4.38. The van der Waals surface area contributed by atoms with Crippen molar-refractivity contribution in [3.63, 3.8) is 0 Å². The number of carboxylic acid groups (broad SMARTS) is 1. The summed E-state index contributed by atoms with van der Waals surface area (Å²) in [4.78, 5) is 25.8. The molecule has 12 nitrogen and oxygen atoms in total. The van der Waals surface area contributed by atoms with Crippen LogP contribution in [-0.2, 0) is 14.3 Å². The van der Waals surface area contributed by atoms with Crippen molar-refractivity contribution in [2.75, 3.05) is 13.6 Å². The zero-order valence-corrected chi connectivity index (χ0v) is 18.0. The van der Waals surface area contributed by atoms with Gasteiger partial charge in [0.05, 0.1) is 25.7 Å². The monoisotopic (exact) mass is 423 g/mol. The van der Waals surface area contributed by atoms with Crippen molar-refractivity contribution in [2.45, 2.75) is 49.7 Å². The van der Waals surface area contributed by atoms with Crippen LogP contribution >= 0.6 is 0 Å². The van der Waals surface area contributed by atoms with Gasteiger partial charge in [0.15, 0.2) is 11.3 Å². The van der Waals surface area contributed by atoms with E-state index in [0.717, 1.165) is 5.01 Å². The Morgan fingerprint density at radius 2 is 2.07 bits per heavy atom. The van der Waals surface area contributed by atoms with Crippen LogP contribution < -0.4 is 34.7 Å². The van der Waals surface area contributed by atoms with Crippen molar-refractivity contribution < 1.29 is 69.3 Å². The number of nitro groups is 1. The molecule has 3 N–H and O–H groups in total. The van der Waals surface area contributed by atoms with Crippen LogP contribution in [0.5, 0.6) is 0 Å². The molecule has 1 fully saturated rings. The quantitative estimate of drug-likeness (QED) is 0.196. The van der Waals surface area contributed by atoms with Gasteiger partial charge in [-0.3, -0.25) is 4.98 Å². The Kier molecular flexibility index (Phi) is 10.4. The van der Waals surface area contributed by atoms with E-state index in [-0.39, 0.29) is 42.5 Å². The number of pyridine rings is 1. The van der Waals surface area contributed by atoms with E-state index in [1.807, 2.05) is 0 Å². The molecule has 2 rings (SSSR count). The first-order chi connectivity index (χ1) is 13.2. The number of ether oxygens (including phenoxy) is 2. The molecule has 1 aliphatic heterocycles. The van der Waals surface area contributed by atoms with Gasteiger partial charge in [0.1, 0.15) is 24.4 Å². The predicted molar refractivity (Wildman–Crippen MR) is 88.6 cm³/mol. The summed E-state index contributed by atoms with van der Waals surface area (Å²) in [6.07, 6.45) is -6.05. The number of hydrogen-bond donors (Lipinski definition) is 3. The Bertz CT molecular complexity index is 668. The molecule has 1 aromatic rings. The number of aliphatic hydroxyl groups excluding tert-OH is 3. The fourth-order valence-corrected chi connectivity index (χ4v) is 2.78. The number of carbonyl (C=O) groups excluding carboxylic acids is 1. The molecule has 0 bridgehead atoms. The molecule has 13 heteroatoms. The number of carboxylic acids is 1. The Hall–Kier alpha value is -1.38. The maximum absolute atomic E-state index is 11.1. The Morgan fingerprint density at radius 3 is 2.62 bits per heavy atom. The van der Waals surface area contributed by atoms with Gasteiger partial charge in [-0.05, 0) is 24.5 Å². The standard InChI is InChI=1S/C16H23N3O9.Na/c1-18(19(25)26)7-3-5-10(9-4-2-6-17-8-9)27-16-13(22)11(20)12(21)14(28-16)15(23)24;/h2,4,6,8,10-14,16,20-22H,3,5,7H2,1H3,(H,23,24);/q;+1/p-1/t10?,11-,12-,13+,14-,16+;/m0./s1. The smallest absolute Gasteiger partial charge is 0.547 e. The number of aliphatic carboxylic acids is 1. The van der Waals surface area contributed by atoms with Gasteiger partial charge in [-0.15, -0.1) is 5.01 Å². The summed E-state index contributed by atoms with van der Waals surface area (Å²) >= 11 is 0. The van der Waals surface area contributed by atoms with Crippen LogP contribution in [0.25, 0.3) is 0 Å². The summed E-state index contributed by atoms with van der Waals surface area (Å²) in [5, 5.41) is 51.8. The molecule has 1 unspecified atom stereocenters. The first kappa shape index (κ1) is 25.7. The Labute approximate surface area is 188 Å². The zero-order valence-electron chi connectivity index (χ0n) is 16.0. The average Bonchev–Trinajstić information content (AvgIpc) is 2.67. The van der Waals surface area contributed by atoms with Crippen LogP contribution in [0.2, 0.25) is 0 Å². The number of carbonyl (C=O) groups is 1. The maximum atomic E-state index is 11.1. The SMILES string of the molecule is CN(CCCC(O[C@@H]1O[C@H](C(=O)[O-])[C@@H](O)[C@H](O)[C@H]1O)c1cccnc1)[N+](=O)[O-].[Na+]. The molecule has 6 atom stereocenters. The molecule has 0 radical (unpaired) electrons. The fourth-order valence-electron chi connectivity index (χ4n) is 2.78. The second-order valence-electron chi connectivity index (χ2n) is 6.39. The number of nitrogens with zero attached hydrogens (tertiary/aromatic N) is 3. The molecular weight excluding hydrogens is 401 g/mol. The second-order valence-corrected chi connectivity index (χ2v) is 6.39. The number of hydrazine groups is 1. The number of aromatic nitrogens is 1. The van der Waals surface area contributed by atoms with Crippen molar-refractivity contribution in [2.24, 2.45) is 0 Å². The van der Waals surface area contributed by atoms with E-state index in [9.17, 15) is 35.3 Å². The van der Waals surface area contributed by atoms with Crippen LogP contribution in [-0.4, -0.2) is 80.6 Å². The molecule has 0 saturated carbocycles. The minimum Gasteiger partial charge on any atom is -0.547 e. The maximum Gasteiger partial charge on any atom is 1.00 e. The number of hydrogen-bond acceptors (Lipinski definition) is 10. The molecule has 1 saturated heterocycles. The molecule has 0 aromatic carbocycles. The molecule has 1 aliphatic rings. The van der Waals surface area contributed by atoms with Gasteiger partial charge in [-0.2, -0.15) is 0 Å². The van der Waals surface area contributed by atoms with E-state index >= 15 is 0 Å². The molecule has 1 aromatic heterocycles. The largest absolute Gasteiger partial charge is 1.00 e. The minimum atomic E-state index is -1.89. The topological polar surface area (TPSA) is 179 Å². The third-order valence-corrected chi connectivity index (χ3v) is 4.38. The van der Waals surface area contributed by atoms with Gasteiger partial charge in [0, 0.05) is 12.4 Å². The van der Waals surface area contributed by atoms with Crippen molar-refractivity contribution in [1.29, 1.82) is 0 Å². The number of aliphatic hydroxyl groups is 3. The van der Waals surface area contributed by atoms with Gasteiger partial charge >= 0.3 is 29.6 Å². The summed E-state index contributed by atoms with van der Waals surface area (Å²) in [5.74, 6) is -1.77. The summed E-state index contributed by atoms with van der Waals surface area (Å²) in [5.41, 5.74) is 0.563. The predicted octanol–water partition coefficient (Wildman–Crippen LogP) is -5.40. The third kappa shape index (κ3) is 6.83. The molecular formula is C16H22N3NaO9. The first-order valence-electron chi connectivity index (χ1n) is 8.53. The minimum absolute atomic E-state index is 0. The number of rotatable bonds is 9. The zero-order chi connectivity index (χ0) is 20.8. The average molecular weight is 423 g/mol. The van der Waals surface area contributed by atoms with E-state index in [2.05, 4.69) is 4.98 Å². The van der Waals surface area contributed by atoms with Crippen LogP contribution in [0, 0.1) is 10.1 Å². The summed E-state index contributed by atoms with van der Waals surface area (Å²) in [6.45, 7) is 0.115. The molecule has 156 valence electrons. The normalized spacial score (nSPS) is 27.5. The van der Waals surface area contributed by atoms with Crippen molar-refractivity contribution in [3.8, 4) is 0 Å². The fraction of sp³-hybridized carbons (Fsp3) is 0.625. The van der Waals surface area contributed by atoms with E-state index in [1.54, 1.807) is 12.1 Å². The molecule has 29 heavy (non-hydrogen) atoms. The van der Waals surface area contributed by atoms with E-state index in [1.165, 1.54) is 19.4 Å². The summed E-state index contributed by atoms with van der Waals surface area (Å²) < 4.78 is 10.7. The van der Waals surface area contributed by atoms with E-state index < -0.39 is 47.8 Å². The van der Waals surface area contributed by atoms with Gasteiger partial charge in [0.25, 0.3) is 0 Å². The van der Waals surface area contributed by atoms with Gasteiger partial charge < -0.3 is 34.7 Å². The Morgan fingerprint density at radius 1 is 1.38 bits per heavy atom. The summed E-state index contributed by atoms with van der Waals surface area (Å²) in [6, 6.07) is 3.31. The van der Waals surface area contributed by atoms with E-state index in [0.29, 0.717) is 12.0 Å². The van der Waals surface area contributed by atoms with Crippen molar-refractivity contribution in [3.05, 3.63) is 40.2 Å². The van der Waals surface area contributed by atoms with Crippen LogP contribution in [0.15, 0.2) is 24.5 Å². The van der Waals surface area contributed by atoms with Gasteiger partial charge in [-0.25, -0.2) is 10.1 Å². The van der Waals surface area contributed by atoms with E-state index in [4.69, 9.17) is 9.47 Å². The Balaban J connectivity index is 0.00000420. The molecule has 2 heterocycles. The first-order valence-corrected chi connectivity index (χ1v) is 8.53. The van der Waals surface area contributed by atoms with Crippen LogP contribution in [0.1, 0.15) is 24.5 Å². The summed E-state index contributed by atoms with van der Waals surface area (Å²) in [7, 11) is 1.32. The van der Waals surface area contributed by atoms with Gasteiger partial charge in [-0.1, -0.05) is 6.07 Å². The molecule has 0 spiro atoms. The van der Waals surface area contributed by atoms with Crippen LogP contribution in [0.4, 0.5) is 0 Å². The van der Waals surface area contributed by atoms with Crippen molar-refractivity contribution in [1.82, 2.24) is 9.99 Å². The second kappa shape index (κ2) is 11.7.